The number of phenols is 1. The van der Waals surface area contributed by atoms with E-state index in [9.17, 15) is 39.9 Å². The van der Waals surface area contributed by atoms with Crippen LogP contribution in [-0.4, -0.2) is 130 Å². The van der Waals surface area contributed by atoms with E-state index in [0.717, 1.165) is 37.3 Å². The number of nitrogens with two attached hydrogens (primary N) is 1. The van der Waals surface area contributed by atoms with Crippen molar-refractivity contribution in [3.63, 3.8) is 0 Å². The number of rotatable bonds is 8. The molecule has 13 nitrogen and oxygen atoms in total. The molecule has 6 rings (SSSR count). The molecule has 2 aromatic carbocycles. The minimum atomic E-state index is -2.69. The summed E-state index contributed by atoms with van der Waals surface area (Å²) in [4.78, 5) is 46.0. The van der Waals surface area contributed by atoms with Crippen molar-refractivity contribution in [3.05, 3.63) is 69.7 Å². The van der Waals surface area contributed by atoms with E-state index in [1.54, 1.807) is 27.3 Å². The molecule has 7 N–H and O–H groups in total. The number of ether oxygens (including phenoxy) is 1. The first-order chi connectivity index (χ1) is 22.8. The molecule has 1 fully saturated rings. The summed E-state index contributed by atoms with van der Waals surface area (Å²) in [6.07, 6.45) is 0.198. The number of likely N-dealkylation sites (N-methyl/N-ethyl adjacent to an activating group) is 1. The number of hydrogen-bond acceptors (Lipinski definition) is 12. The number of aliphatic hydroxyl groups excluding tert-OH is 3. The van der Waals surface area contributed by atoms with Crippen molar-refractivity contribution in [2.75, 3.05) is 60.5 Å². The lowest BCUT2D eigenvalue weighted by Gasteiger charge is -2.50. The van der Waals surface area contributed by atoms with Crippen molar-refractivity contribution in [2.24, 2.45) is 17.6 Å². The van der Waals surface area contributed by atoms with E-state index < -0.39 is 58.0 Å². The van der Waals surface area contributed by atoms with Gasteiger partial charge in [0, 0.05) is 56.3 Å². The van der Waals surface area contributed by atoms with Gasteiger partial charge >= 0.3 is 0 Å². The second-order valence-corrected chi connectivity index (χ2v) is 13.3. The van der Waals surface area contributed by atoms with Gasteiger partial charge in [0.25, 0.3) is 5.91 Å². The number of phenolic OH excluding ortho intramolecular Hbond substituents is 1. The summed E-state index contributed by atoms with van der Waals surface area (Å²) in [6, 6.07) is 7.86. The third-order valence-electron chi connectivity index (χ3n) is 10.5. The normalized spacial score (nSPS) is 26.4. The van der Waals surface area contributed by atoms with Gasteiger partial charge in [-0.1, -0.05) is 12.1 Å². The maximum absolute atomic E-state index is 14.2. The first kappa shape index (κ1) is 33.6. The van der Waals surface area contributed by atoms with Gasteiger partial charge < -0.3 is 36.0 Å². The van der Waals surface area contributed by atoms with Gasteiger partial charge in [-0.3, -0.25) is 29.1 Å². The Balaban J connectivity index is 1.41. The van der Waals surface area contributed by atoms with Crippen LogP contribution in [0.25, 0.3) is 11.1 Å². The summed E-state index contributed by atoms with van der Waals surface area (Å²) in [5, 5.41) is 54.7. The molecule has 0 aromatic heterocycles. The first-order valence-electron chi connectivity index (χ1n) is 16.1. The number of ketones is 2. The van der Waals surface area contributed by atoms with Crippen LogP contribution in [0, 0.1) is 11.8 Å². The molecule has 1 heterocycles. The Morgan fingerprint density at radius 2 is 1.75 bits per heavy atom. The molecule has 256 valence electrons. The number of carbonyl (C=O) groups excluding carboxylic acids is 3. The minimum Gasteiger partial charge on any atom is -0.510 e. The van der Waals surface area contributed by atoms with Gasteiger partial charge in [-0.15, -0.1) is 0 Å². The number of allylic oxidation sites excluding steroid dienone is 1. The lowest BCUT2D eigenvalue weighted by molar-refractivity contribution is -0.148. The number of aliphatic hydroxyl groups is 4. The number of primary amides is 1. The first-order valence-corrected chi connectivity index (χ1v) is 16.1. The Labute approximate surface area is 278 Å². The molecular weight excluding hydrogens is 620 g/mol. The van der Waals surface area contributed by atoms with E-state index in [4.69, 9.17) is 10.5 Å². The van der Waals surface area contributed by atoms with E-state index in [-0.39, 0.29) is 36.3 Å². The SMILES string of the molecule is COc1ccc(-c2ccc(O)c3c2C[C@@H]2C[C@@H]4[C@H](N(C)C)C(O)=C(C(N)=O)C(=O)[C@@]4(O)C(O)=C2C3=O)cc1CN1CCN(CCO)CC1. The molecule has 48 heavy (non-hydrogen) atoms. The van der Waals surface area contributed by atoms with E-state index in [2.05, 4.69) is 9.80 Å². The van der Waals surface area contributed by atoms with Gasteiger partial charge in [-0.25, -0.2) is 0 Å². The van der Waals surface area contributed by atoms with Crippen LogP contribution in [0.1, 0.15) is 27.9 Å². The molecule has 0 radical (unpaired) electrons. The number of piperazine rings is 1. The minimum absolute atomic E-state index is 0.0109. The van der Waals surface area contributed by atoms with Crippen LogP contribution in [0.15, 0.2) is 53.0 Å². The Bertz CT molecular complexity index is 1740. The van der Waals surface area contributed by atoms with Crippen LogP contribution in [0.3, 0.4) is 0 Å². The fraction of sp³-hybridized carbons (Fsp3) is 0.457. The Hall–Kier alpha value is -4.27. The van der Waals surface area contributed by atoms with Crippen molar-refractivity contribution in [1.29, 1.82) is 0 Å². The monoisotopic (exact) mass is 662 g/mol. The number of nitrogens with zero attached hydrogens (tertiary/aromatic N) is 3. The average Bonchev–Trinajstić information content (AvgIpc) is 3.03. The molecule has 1 aliphatic heterocycles. The molecular formula is C35H42N4O9. The van der Waals surface area contributed by atoms with Gasteiger partial charge in [0.05, 0.1) is 25.3 Å². The third-order valence-corrected chi connectivity index (χ3v) is 10.5. The van der Waals surface area contributed by atoms with E-state index in [1.807, 2.05) is 18.2 Å². The van der Waals surface area contributed by atoms with Crippen molar-refractivity contribution in [3.8, 4) is 22.6 Å². The molecule has 0 bridgehead atoms. The summed E-state index contributed by atoms with van der Waals surface area (Å²) in [5.74, 6) is -6.13. The highest BCUT2D eigenvalue weighted by atomic mass is 16.5. The van der Waals surface area contributed by atoms with Gasteiger partial charge in [0.1, 0.15) is 28.6 Å². The maximum Gasteiger partial charge on any atom is 0.255 e. The Kier molecular flexibility index (Phi) is 8.85. The van der Waals surface area contributed by atoms with E-state index in [1.165, 1.54) is 11.0 Å². The molecule has 0 spiro atoms. The molecule has 4 aliphatic rings. The van der Waals surface area contributed by atoms with Gasteiger partial charge in [-0.2, -0.15) is 0 Å². The topological polar surface area (TPSA) is 197 Å². The predicted molar refractivity (Wildman–Crippen MR) is 174 cm³/mol. The summed E-state index contributed by atoms with van der Waals surface area (Å²) in [6.45, 7) is 4.72. The van der Waals surface area contributed by atoms with Crippen LogP contribution in [0.2, 0.25) is 0 Å². The number of carbonyl (C=O) groups is 3. The largest absolute Gasteiger partial charge is 0.510 e. The highest BCUT2D eigenvalue weighted by molar-refractivity contribution is 6.24. The summed E-state index contributed by atoms with van der Waals surface area (Å²) in [7, 11) is 4.80. The Morgan fingerprint density at radius 3 is 2.38 bits per heavy atom. The number of aromatic hydroxyl groups is 1. The molecule has 2 aromatic rings. The summed E-state index contributed by atoms with van der Waals surface area (Å²) in [5.41, 5.74) is 4.66. The quantitative estimate of drug-likeness (QED) is 0.219. The van der Waals surface area contributed by atoms with Gasteiger partial charge in [0.2, 0.25) is 5.78 Å². The van der Waals surface area contributed by atoms with Crippen molar-refractivity contribution in [2.45, 2.75) is 31.0 Å². The lowest BCUT2D eigenvalue weighted by Crippen LogP contribution is -2.63. The smallest absolute Gasteiger partial charge is 0.255 e. The van der Waals surface area contributed by atoms with E-state index >= 15 is 0 Å². The summed E-state index contributed by atoms with van der Waals surface area (Å²) < 4.78 is 5.69. The molecule has 13 heteroatoms. The van der Waals surface area contributed by atoms with Gasteiger partial charge in [-0.05, 0) is 67.7 Å². The van der Waals surface area contributed by atoms with Crippen LogP contribution < -0.4 is 10.5 Å². The van der Waals surface area contributed by atoms with Crippen LogP contribution >= 0.6 is 0 Å². The maximum atomic E-state index is 14.2. The van der Waals surface area contributed by atoms with Crippen LogP contribution in [0.5, 0.6) is 11.5 Å². The third kappa shape index (κ3) is 5.26. The second-order valence-electron chi connectivity index (χ2n) is 13.3. The standard InChI is InChI=1S/C35H42N4O9/c1-37(2)29-23-16-19-15-22-21(18-4-7-25(48-3)20(14-18)17-39-10-8-38(9-11-39)12-13-40)5-6-24(41)27(22)30(42)26(19)32(44)35(23,47)33(45)28(31(29)43)34(36)46/h4-7,14,19,23,29,40-41,43-44,47H,8-13,15-17H2,1-3H3,(H2,36,46)/t19-,23-,29+,35+/m1/s1. The van der Waals surface area contributed by atoms with Crippen LogP contribution in [-0.2, 0) is 22.6 Å². The fourth-order valence-electron chi connectivity index (χ4n) is 8.14. The highest BCUT2D eigenvalue weighted by Crippen LogP contribution is 2.53. The molecule has 4 atom stereocenters. The van der Waals surface area contributed by atoms with Crippen molar-refractivity contribution in [1.82, 2.24) is 14.7 Å². The lowest BCUT2D eigenvalue weighted by atomic mass is 9.58. The number of hydrogen-bond donors (Lipinski definition) is 6. The molecule has 3 aliphatic carbocycles. The molecule has 1 amide bonds. The average molecular weight is 663 g/mol. The van der Waals surface area contributed by atoms with Crippen molar-refractivity contribution >= 4 is 17.5 Å². The zero-order chi connectivity index (χ0) is 34.7. The zero-order valence-electron chi connectivity index (χ0n) is 27.3. The predicted octanol–water partition coefficient (Wildman–Crippen LogP) is 0.906. The van der Waals surface area contributed by atoms with Gasteiger partial charge in [0.15, 0.2) is 11.4 Å². The second kappa shape index (κ2) is 12.6. The number of Topliss-reactive ketones (excluding diaryl/α,β-unsaturated/α-hetero) is 2. The Morgan fingerprint density at radius 1 is 1.06 bits per heavy atom. The fourth-order valence-corrected chi connectivity index (χ4v) is 8.14. The molecule has 1 saturated heterocycles. The van der Waals surface area contributed by atoms with Crippen LogP contribution in [0.4, 0.5) is 0 Å². The zero-order valence-corrected chi connectivity index (χ0v) is 27.3. The highest BCUT2D eigenvalue weighted by Gasteiger charge is 2.63. The number of benzene rings is 2. The molecule has 0 unspecified atom stereocenters. The van der Waals surface area contributed by atoms with Crippen molar-refractivity contribution < 1.29 is 44.7 Å². The number of methoxy groups -OCH3 is 1. The molecule has 0 saturated carbocycles. The number of amides is 1. The summed E-state index contributed by atoms with van der Waals surface area (Å²) >= 11 is 0. The number of fused-ring (bicyclic) bond motifs is 3. The number of β-amino-alcohol motifs (C(OH)–C–C–N with tert-alkyl or cyclic N) is 1. The van der Waals surface area contributed by atoms with E-state index in [0.29, 0.717) is 30.0 Å².